The van der Waals surface area contributed by atoms with Crippen LogP contribution in [0.2, 0.25) is 5.02 Å². The lowest BCUT2D eigenvalue weighted by molar-refractivity contribution is -0.141. The van der Waals surface area contributed by atoms with Crippen molar-refractivity contribution in [1.29, 1.82) is 0 Å². The van der Waals surface area contributed by atoms with E-state index in [0.717, 1.165) is 24.5 Å². The van der Waals surface area contributed by atoms with Gasteiger partial charge in [0.1, 0.15) is 0 Å². The van der Waals surface area contributed by atoms with E-state index in [9.17, 15) is 4.79 Å². The van der Waals surface area contributed by atoms with E-state index in [1.165, 1.54) is 16.7 Å². The highest BCUT2D eigenvalue weighted by Crippen LogP contribution is 2.36. The molecule has 1 fully saturated rings. The number of nitrogens with one attached hydrogen (secondary N) is 1. The molecule has 2 unspecified atom stereocenters. The lowest BCUT2D eigenvalue weighted by Crippen LogP contribution is -2.51. The Balaban J connectivity index is 1.68. The second-order valence-electron chi connectivity index (χ2n) is 7.22. The van der Waals surface area contributed by atoms with Crippen molar-refractivity contribution in [3.63, 3.8) is 0 Å². The van der Waals surface area contributed by atoms with E-state index in [1.807, 2.05) is 18.2 Å². The first-order chi connectivity index (χ1) is 12.1. The zero-order valence-corrected chi connectivity index (χ0v) is 15.2. The summed E-state index contributed by atoms with van der Waals surface area (Å²) in [7, 11) is 0. The van der Waals surface area contributed by atoms with E-state index in [0.29, 0.717) is 12.5 Å². The molecule has 130 valence electrons. The molecule has 3 nitrogen and oxygen atoms in total. The van der Waals surface area contributed by atoms with Crippen LogP contribution in [0.25, 0.3) is 0 Å². The largest absolute Gasteiger partial charge is 0.331 e. The number of hydrogen-bond acceptors (Lipinski definition) is 2. The van der Waals surface area contributed by atoms with Gasteiger partial charge in [-0.3, -0.25) is 4.79 Å². The van der Waals surface area contributed by atoms with Crippen LogP contribution in [-0.4, -0.2) is 23.9 Å². The maximum absolute atomic E-state index is 13.3. The van der Waals surface area contributed by atoms with Gasteiger partial charge in [0.05, 0.1) is 6.04 Å². The molecule has 2 aromatic rings. The van der Waals surface area contributed by atoms with Gasteiger partial charge in [0.15, 0.2) is 0 Å². The smallest absolute Gasteiger partial charge is 0.226 e. The molecule has 4 heteroatoms. The van der Waals surface area contributed by atoms with E-state index in [2.05, 4.69) is 47.5 Å². The van der Waals surface area contributed by atoms with E-state index in [-0.39, 0.29) is 17.9 Å². The minimum absolute atomic E-state index is 0.0493. The van der Waals surface area contributed by atoms with Gasteiger partial charge in [-0.05, 0) is 54.3 Å². The molecule has 1 N–H and O–H groups in total. The number of benzene rings is 2. The van der Waals surface area contributed by atoms with Crippen LogP contribution in [0.15, 0.2) is 48.5 Å². The Morgan fingerprint density at radius 2 is 1.92 bits per heavy atom. The summed E-state index contributed by atoms with van der Waals surface area (Å²) in [5.74, 6) is 0.754. The van der Waals surface area contributed by atoms with Crippen molar-refractivity contribution in [1.82, 2.24) is 10.2 Å². The average Bonchev–Trinajstić information content (AvgIpc) is 2.59. The standard InChI is InChI=1S/C21H23ClN2O/c1-14(18-11-23-12-18)21(25)24-13-17-9-19(22)8-7-16(17)10-20(24)15-5-3-2-4-6-15/h2-9,14,18,20,23H,10-13H2,1H3. The Bertz CT molecular complexity index is 773. The van der Waals surface area contributed by atoms with Crippen molar-refractivity contribution in [2.45, 2.75) is 25.9 Å². The average molecular weight is 355 g/mol. The predicted molar refractivity (Wildman–Crippen MR) is 100 cm³/mol. The Hall–Kier alpha value is -1.84. The van der Waals surface area contributed by atoms with Crippen molar-refractivity contribution in [3.8, 4) is 0 Å². The van der Waals surface area contributed by atoms with Crippen molar-refractivity contribution < 1.29 is 4.79 Å². The fraction of sp³-hybridized carbons (Fsp3) is 0.381. The first-order valence-corrected chi connectivity index (χ1v) is 9.34. The normalized spacial score (nSPS) is 21.4. The number of amides is 1. The van der Waals surface area contributed by atoms with E-state index in [4.69, 9.17) is 11.6 Å². The number of fused-ring (bicyclic) bond motifs is 1. The molecule has 1 amide bonds. The summed E-state index contributed by atoms with van der Waals surface area (Å²) in [6.07, 6.45) is 0.845. The zero-order valence-electron chi connectivity index (χ0n) is 14.4. The van der Waals surface area contributed by atoms with Crippen molar-refractivity contribution in [2.24, 2.45) is 11.8 Å². The minimum Gasteiger partial charge on any atom is -0.331 e. The van der Waals surface area contributed by atoms with Gasteiger partial charge in [0.2, 0.25) is 5.91 Å². The second kappa shape index (κ2) is 6.81. The molecular formula is C21H23ClN2O. The fourth-order valence-corrected chi connectivity index (χ4v) is 4.08. The number of nitrogens with zero attached hydrogens (tertiary/aromatic N) is 1. The van der Waals surface area contributed by atoms with Gasteiger partial charge in [-0.2, -0.15) is 0 Å². The predicted octanol–water partition coefficient (Wildman–Crippen LogP) is 3.82. The minimum atomic E-state index is 0.0493. The molecule has 2 aliphatic rings. The van der Waals surface area contributed by atoms with Crippen LogP contribution in [0.1, 0.15) is 29.7 Å². The summed E-state index contributed by atoms with van der Waals surface area (Å²) < 4.78 is 0. The summed E-state index contributed by atoms with van der Waals surface area (Å²) in [6, 6.07) is 16.5. The maximum Gasteiger partial charge on any atom is 0.226 e. The number of carbonyl (C=O) groups excluding carboxylic acids is 1. The Morgan fingerprint density at radius 1 is 1.16 bits per heavy atom. The van der Waals surface area contributed by atoms with Crippen LogP contribution in [-0.2, 0) is 17.8 Å². The van der Waals surface area contributed by atoms with Crippen LogP contribution < -0.4 is 5.32 Å². The molecule has 0 aromatic heterocycles. The van der Waals surface area contributed by atoms with E-state index >= 15 is 0 Å². The van der Waals surface area contributed by atoms with Gasteiger partial charge in [0, 0.05) is 17.5 Å². The lowest BCUT2D eigenvalue weighted by atomic mass is 9.84. The second-order valence-corrected chi connectivity index (χ2v) is 7.65. The zero-order chi connectivity index (χ0) is 17.4. The van der Waals surface area contributed by atoms with Crippen molar-refractivity contribution in [2.75, 3.05) is 13.1 Å². The van der Waals surface area contributed by atoms with Gasteiger partial charge in [0.25, 0.3) is 0 Å². The molecular weight excluding hydrogens is 332 g/mol. The van der Waals surface area contributed by atoms with Gasteiger partial charge in [-0.15, -0.1) is 0 Å². The summed E-state index contributed by atoms with van der Waals surface area (Å²) in [4.78, 5) is 15.3. The molecule has 0 bridgehead atoms. The Kier molecular flexibility index (Phi) is 4.53. The molecule has 0 spiro atoms. The highest BCUT2D eigenvalue weighted by atomic mass is 35.5. The summed E-state index contributed by atoms with van der Waals surface area (Å²) >= 11 is 6.19. The topological polar surface area (TPSA) is 32.3 Å². The van der Waals surface area contributed by atoms with Crippen LogP contribution >= 0.6 is 11.6 Å². The van der Waals surface area contributed by atoms with Crippen molar-refractivity contribution in [3.05, 3.63) is 70.2 Å². The highest BCUT2D eigenvalue weighted by Gasteiger charge is 2.37. The Labute approximate surface area is 154 Å². The van der Waals surface area contributed by atoms with Gasteiger partial charge in [-0.1, -0.05) is 54.9 Å². The van der Waals surface area contributed by atoms with Gasteiger partial charge < -0.3 is 10.2 Å². The first kappa shape index (κ1) is 16.6. The quantitative estimate of drug-likeness (QED) is 0.908. The molecule has 0 radical (unpaired) electrons. The van der Waals surface area contributed by atoms with Crippen molar-refractivity contribution >= 4 is 17.5 Å². The highest BCUT2D eigenvalue weighted by molar-refractivity contribution is 6.30. The lowest BCUT2D eigenvalue weighted by Gasteiger charge is -2.41. The molecule has 1 saturated heterocycles. The summed E-state index contributed by atoms with van der Waals surface area (Å²) in [5, 5.41) is 4.01. The number of halogens is 1. The van der Waals surface area contributed by atoms with E-state index < -0.39 is 0 Å². The number of hydrogen-bond donors (Lipinski definition) is 1. The molecule has 0 saturated carbocycles. The van der Waals surface area contributed by atoms with Gasteiger partial charge in [-0.25, -0.2) is 0 Å². The fourth-order valence-electron chi connectivity index (χ4n) is 3.89. The monoisotopic (exact) mass is 354 g/mol. The Morgan fingerprint density at radius 3 is 2.60 bits per heavy atom. The van der Waals surface area contributed by atoms with Crippen LogP contribution in [0.3, 0.4) is 0 Å². The molecule has 2 heterocycles. The molecule has 4 rings (SSSR count). The SMILES string of the molecule is CC(C(=O)N1Cc2cc(Cl)ccc2CC1c1ccccc1)C1CNC1. The van der Waals surface area contributed by atoms with Crippen LogP contribution in [0, 0.1) is 11.8 Å². The van der Waals surface area contributed by atoms with Crippen LogP contribution in [0.4, 0.5) is 0 Å². The third-order valence-electron chi connectivity index (χ3n) is 5.68. The summed E-state index contributed by atoms with van der Waals surface area (Å²) in [6.45, 7) is 4.60. The molecule has 2 aliphatic heterocycles. The molecule has 2 atom stereocenters. The first-order valence-electron chi connectivity index (χ1n) is 8.97. The van der Waals surface area contributed by atoms with Crippen LogP contribution in [0.5, 0.6) is 0 Å². The van der Waals surface area contributed by atoms with E-state index in [1.54, 1.807) is 0 Å². The maximum atomic E-state index is 13.3. The number of carbonyl (C=O) groups is 1. The van der Waals surface area contributed by atoms with Gasteiger partial charge >= 0.3 is 0 Å². The third kappa shape index (κ3) is 3.19. The molecule has 25 heavy (non-hydrogen) atoms. The molecule has 0 aliphatic carbocycles. The summed E-state index contributed by atoms with van der Waals surface area (Å²) in [5.41, 5.74) is 3.67. The molecule has 2 aromatic carbocycles. The number of rotatable bonds is 3. The third-order valence-corrected chi connectivity index (χ3v) is 5.91.